The van der Waals surface area contributed by atoms with Gasteiger partial charge in [0.1, 0.15) is 23.5 Å². The predicted octanol–water partition coefficient (Wildman–Crippen LogP) is 5.89. The lowest BCUT2D eigenvalue weighted by molar-refractivity contribution is -0.148. The summed E-state index contributed by atoms with van der Waals surface area (Å²) in [4.78, 5) is 41.9. The van der Waals surface area contributed by atoms with E-state index in [0.717, 1.165) is 0 Å². The maximum atomic E-state index is 14.0. The molecule has 2 atom stereocenters. The molecule has 11 nitrogen and oxygen atoms in total. The van der Waals surface area contributed by atoms with E-state index in [1.807, 2.05) is 46.9 Å². The molecule has 1 fully saturated rings. The van der Waals surface area contributed by atoms with Crippen LogP contribution in [-0.4, -0.2) is 69.0 Å². The van der Waals surface area contributed by atoms with Crippen molar-refractivity contribution in [1.29, 1.82) is 0 Å². The molecule has 0 radical (unpaired) electrons. The highest BCUT2D eigenvalue weighted by molar-refractivity contribution is 6.31. The van der Waals surface area contributed by atoms with Gasteiger partial charge >= 0.3 is 6.03 Å². The molecule has 4 amide bonds. The second-order valence-corrected chi connectivity index (χ2v) is 13.7. The number of benzene rings is 3. The van der Waals surface area contributed by atoms with E-state index in [1.54, 1.807) is 65.3 Å². The third kappa shape index (κ3) is 9.02. The molecule has 0 bridgehead atoms. The van der Waals surface area contributed by atoms with Crippen LogP contribution in [0.4, 0.5) is 10.5 Å². The molecule has 1 aromatic heterocycles. The minimum atomic E-state index is -1.01. The van der Waals surface area contributed by atoms with Crippen molar-refractivity contribution in [1.82, 2.24) is 25.3 Å². The van der Waals surface area contributed by atoms with Gasteiger partial charge in [0.05, 0.1) is 18.8 Å². The summed E-state index contributed by atoms with van der Waals surface area (Å²) in [5.41, 5.74) is 2.90. The van der Waals surface area contributed by atoms with Crippen molar-refractivity contribution < 1.29 is 24.2 Å². The molecule has 3 aromatic carbocycles. The van der Waals surface area contributed by atoms with Gasteiger partial charge in [0.25, 0.3) is 5.91 Å². The highest BCUT2D eigenvalue weighted by Crippen LogP contribution is 2.33. The number of aromatic nitrogens is 2. The van der Waals surface area contributed by atoms with Crippen LogP contribution in [-0.2, 0) is 14.3 Å². The van der Waals surface area contributed by atoms with E-state index in [0.29, 0.717) is 38.7 Å². The zero-order valence-electron chi connectivity index (χ0n) is 28.7. The average Bonchev–Trinajstić information content (AvgIpc) is 3.52. The van der Waals surface area contributed by atoms with Crippen LogP contribution >= 0.6 is 11.6 Å². The lowest BCUT2D eigenvalue weighted by Crippen LogP contribution is -2.58. The number of urea groups is 1. The van der Waals surface area contributed by atoms with E-state index in [-0.39, 0.29) is 31.5 Å². The second kappa shape index (κ2) is 15.5. The van der Waals surface area contributed by atoms with Gasteiger partial charge in [-0.05, 0) is 82.6 Å². The summed E-state index contributed by atoms with van der Waals surface area (Å²) < 4.78 is 7.39. The van der Waals surface area contributed by atoms with Crippen molar-refractivity contribution in [3.8, 4) is 28.8 Å². The van der Waals surface area contributed by atoms with Crippen LogP contribution in [0.25, 0.3) is 11.3 Å². The summed E-state index contributed by atoms with van der Waals surface area (Å²) in [6.45, 7) is 9.98. The molecule has 4 N–H and O–H groups in total. The van der Waals surface area contributed by atoms with E-state index in [9.17, 15) is 19.5 Å². The molecule has 1 aliphatic rings. The van der Waals surface area contributed by atoms with Gasteiger partial charge in [0.2, 0.25) is 5.91 Å². The molecular weight excluding hydrogens is 656 g/mol. The van der Waals surface area contributed by atoms with Crippen LogP contribution in [0.5, 0.6) is 5.75 Å². The fraction of sp³-hybridized carbons (Fsp3) is 0.316. The largest absolute Gasteiger partial charge is 0.507 e. The molecule has 0 saturated carbocycles. The van der Waals surface area contributed by atoms with Crippen LogP contribution in [0.15, 0.2) is 79.0 Å². The second-order valence-electron chi connectivity index (χ2n) is 13.3. The number of nitrogens with one attached hydrogen (secondary N) is 3. The van der Waals surface area contributed by atoms with Crippen molar-refractivity contribution in [2.75, 3.05) is 25.1 Å². The zero-order valence-corrected chi connectivity index (χ0v) is 29.4. The molecule has 1 saturated heterocycles. The third-order valence-electron chi connectivity index (χ3n) is 7.83. The Kier molecular flexibility index (Phi) is 11.1. The van der Waals surface area contributed by atoms with Gasteiger partial charge in [-0.1, -0.05) is 53.8 Å². The Morgan fingerprint density at radius 2 is 1.74 bits per heavy atom. The van der Waals surface area contributed by atoms with Crippen LogP contribution in [0.1, 0.15) is 63.4 Å². The van der Waals surface area contributed by atoms with Crippen molar-refractivity contribution >= 4 is 35.1 Å². The van der Waals surface area contributed by atoms with Gasteiger partial charge in [-0.15, -0.1) is 0 Å². The first-order valence-electron chi connectivity index (χ1n) is 16.3. The fourth-order valence-corrected chi connectivity index (χ4v) is 5.51. The van der Waals surface area contributed by atoms with E-state index in [2.05, 4.69) is 32.9 Å². The minimum Gasteiger partial charge on any atom is -0.507 e. The molecule has 260 valence electrons. The standard InChI is InChI=1S/C38H41ClN6O5/c1-24(2)45-22-27(33(43-45)30-21-28(39)15-18-32(30)46)14-11-25-12-16-29(17-13-25)40-35(47)31-23-50-20-19-44(31)36(48)34(26-9-7-6-8-10-26)41-37(49)42-38(3,4)5/h6-10,12-13,15-18,21-22,24,31,34,46H,19-20,23H2,1-5H3,(H,40,47)(H2,41,42,49)/t31-,34+/m0/s1. The summed E-state index contributed by atoms with van der Waals surface area (Å²) in [6.07, 6.45) is 1.83. The number of anilines is 1. The first-order chi connectivity index (χ1) is 23.8. The van der Waals surface area contributed by atoms with Crippen molar-refractivity contribution in [2.24, 2.45) is 0 Å². The quantitative estimate of drug-likeness (QED) is 0.178. The van der Waals surface area contributed by atoms with Crippen LogP contribution < -0.4 is 16.0 Å². The lowest BCUT2D eigenvalue weighted by atomic mass is 10.0. The molecule has 1 aliphatic heterocycles. The SMILES string of the molecule is CC(C)n1cc(C#Cc2ccc(NC(=O)[C@@H]3COCCN3C(=O)[C@H](NC(=O)NC(C)(C)C)c3ccccc3)cc2)c(-c2cc(Cl)ccc2O)n1. The number of morpholine rings is 1. The first-order valence-corrected chi connectivity index (χ1v) is 16.7. The first kappa shape index (κ1) is 36.0. The summed E-state index contributed by atoms with van der Waals surface area (Å²) in [5, 5.41) is 24.1. The van der Waals surface area contributed by atoms with Gasteiger partial charge in [-0.25, -0.2) is 4.79 Å². The number of amides is 4. The Labute approximate surface area is 297 Å². The normalized spacial score (nSPS) is 15.1. The number of phenolic OH excluding ortho intramolecular Hbond substituents is 1. The Bertz CT molecular complexity index is 1910. The maximum absolute atomic E-state index is 14.0. The lowest BCUT2D eigenvalue weighted by Gasteiger charge is -2.37. The fourth-order valence-electron chi connectivity index (χ4n) is 5.34. The number of nitrogens with zero attached hydrogens (tertiary/aromatic N) is 3. The molecule has 0 aliphatic carbocycles. The molecule has 12 heteroatoms. The average molecular weight is 697 g/mol. The van der Waals surface area contributed by atoms with Crippen LogP contribution in [0, 0.1) is 11.8 Å². The number of ether oxygens (including phenoxy) is 1. The summed E-state index contributed by atoms with van der Waals surface area (Å²) >= 11 is 6.21. The zero-order chi connectivity index (χ0) is 36.0. The summed E-state index contributed by atoms with van der Waals surface area (Å²) in [5.74, 6) is 5.51. The third-order valence-corrected chi connectivity index (χ3v) is 8.06. The van der Waals surface area contributed by atoms with Crippen molar-refractivity contribution in [3.63, 3.8) is 0 Å². The number of hydrogen-bond acceptors (Lipinski definition) is 6. The maximum Gasteiger partial charge on any atom is 0.316 e. The van der Waals surface area contributed by atoms with E-state index in [4.69, 9.17) is 16.3 Å². The Morgan fingerprint density at radius 1 is 1.02 bits per heavy atom. The minimum absolute atomic E-state index is 0.00536. The number of carbonyl (C=O) groups is 3. The highest BCUT2D eigenvalue weighted by Gasteiger charge is 2.37. The number of phenols is 1. The molecule has 5 rings (SSSR count). The molecule has 0 spiro atoms. The van der Waals surface area contributed by atoms with Gasteiger partial charge in [-0.3, -0.25) is 14.3 Å². The molecule has 50 heavy (non-hydrogen) atoms. The summed E-state index contributed by atoms with van der Waals surface area (Å²) in [6, 6.07) is 18.4. The van der Waals surface area contributed by atoms with Gasteiger partial charge in [0.15, 0.2) is 0 Å². The van der Waals surface area contributed by atoms with Crippen LogP contribution in [0.3, 0.4) is 0 Å². The number of carbonyl (C=O) groups excluding carboxylic acids is 3. The van der Waals surface area contributed by atoms with Crippen LogP contribution in [0.2, 0.25) is 5.02 Å². The molecule has 0 unspecified atom stereocenters. The topological polar surface area (TPSA) is 138 Å². The predicted molar refractivity (Wildman–Crippen MR) is 193 cm³/mol. The molecule has 2 heterocycles. The Morgan fingerprint density at radius 3 is 2.42 bits per heavy atom. The van der Waals surface area contributed by atoms with Gasteiger partial charge in [0, 0.05) is 46.2 Å². The Balaban J connectivity index is 1.32. The number of halogens is 1. The smallest absolute Gasteiger partial charge is 0.316 e. The van der Waals surface area contributed by atoms with Gasteiger partial charge in [-0.2, -0.15) is 5.10 Å². The van der Waals surface area contributed by atoms with E-state index < -0.39 is 35.5 Å². The Hall–Kier alpha value is -5.31. The number of hydrogen-bond donors (Lipinski definition) is 4. The monoisotopic (exact) mass is 696 g/mol. The molecule has 4 aromatic rings. The summed E-state index contributed by atoms with van der Waals surface area (Å²) in [7, 11) is 0. The highest BCUT2D eigenvalue weighted by atomic mass is 35.5. The van der Waals surface area contributed by atoms with Crippen molar-refractivity contribution in [3.05, 3.63) is 101 Å². The number of rotatable bonds is 7. The molecular formula is C38H41ClN6O5. The number of aromatic hydroxyl groups is 1. The van der Waals surface area contributed by atoms with Gasteiger partial charge < -0.3 is 30.7 Å². The van der Waals surface area contributed by atoms with E-state index >= 15 is 0 Å². The van der Waals surface area contributed by atoms with E-state index in [1.165, 1.54) is 11.0 Å². The van der Waals surface area contributed by atoms with Crippen molar-refractivity contribution in [2.45, 2.75) is 58.3 Å².